The van der Waals surface area contributed by atoms with E-state index in [9.17, 15) is 8.78 Å². The molecule has 0 aliphatic carbocycles. The molecule has 1 N–H and O–H groups in total. The van der Waals surface area contributed by atoms with Gasteiger partial charge in [-0.3, -0.25) is 0 Å². The third kappa shape index (κ3) is 21.4. The Labute approximate surface area is 627 Å². The van der Waals surface area contributed by atoms with Crippen LogP contribution in [-0.2, 0) is 0 Å². The van der Waals surface area contributed by atoms with Gasteiger partial charge in [0.2, 0.25) is 0 Å². The molecule has 0 aliphatic heterocycles. The summed E-state index contributed by atoms with van der Waals surface area (Å²) in [4.78, 5) is 23.7. The van der Waals surface area contributed by atoms with Crippen molar-refractivity contribution in [1.82, 2.24) is 29.9 Å². The molecular weight excluding hydrogens is 1430 g/mol. The number of thiophene rings is 3. The van der Waals surface area contributed by atoms with Gasteiger partial charge in [0.15, 0.2) is 59.9 Å². The molecule has 0 bridgehead atoms. The standard InChI is InChI=1S/C9H8O.C9H8S.C8H5FS.C8H7NO2.C8H7NO.C8H6O.C8H6S.C7H4FNO.C7H5NO2.C7H5NO.C7H5NS/c2*1-7-2-3-9-8(6-7)4-5-10-9;9-7-1-2-8-6(5-7)3-4-10-8;1-10-6-2-3-8-7(4-6)9-5-11-8;1-6-2-3-7-8(4-6)10-5-9-7;2*1-2-4-8-7(3-1)5-6-9-8;8-5-1-2-7-6(3-5)9-4-10-7;9-5-1-2-7-6(3-5)8-4-10-7;2*1-2-4-7-6(3-1)8-5-9-7/h2*2-6H,1H3;1-5H;2-5H,1H3;2-5H,1H3;2*1-6H;1-4H;1-4,9H;2*1-5H. The van der Waals surface area contributed by atoms with Crippen molar-refractivity contribution in [1.29, 1.82) is 0 Å². The number of methoxy groups -OCH3 is 1. The summed E-state index contributed by atoms with van der Waals surface area (Å²) in [5, 5.41) is 21.2. The smallest absolute Gasteiger partial charge is 0.181 e. The van der Waals surface area contributed by atoms with E-state index in [1.54, 1.807) is 101 Å². The molecular formula is C86H66F2N6O9S4. The van der Waals surface area contributed by atoms with Gasteiger partial charge in [0.25, 0.3) is 0 Å². The summed E-state index contributed by atoms with van der Waals surface area (Å²) in [6.45, 7) is 6.23. The predicted octanol–water partition coefficient (Wildman–Crippen LogP) is 25.9. The molecule has 22 rings (SSSR count). The van der Waals surface area contributed by atoms with Gasteiger partial charge in [-0.1, -0.05) is 96.1 Å². The number of oxazole rings is 5. The number of furan rings is 2. The summed E-state index contributed by atoms with van der Waals surface area (Å²) >= 11 is 6.89. The lowest BCUT2D eigenvalue weighted by atomic mass is 10.2. The van der Waals surface area contributed by atoms with Gasteiger partial charge in [0.05, 0.1) is 35.4 Å². The minimum Gasteiger partial charge on any atom is -0.508 e. The molecule has 0 atom stereocenters. The Hall–Kier alpha value is -12.9. The molecule has 0 saturated heterocycles. The van der Waals surface area contributed by atoms with Crippen molar-refractivity contribution >= 4 is 163 Å². The van der Waals surface area contributed by atoms with Crippen molar-refractivity contribution in [3.05, 3.63) is 349 Å². The van der Waals surface area contributed by atoms with Crippen LogP contribution in [0.15, 0.2) is 352 Å². The average molecular weight is 1490 g/mol. The first-order valence-electron chi connectivity index (χ1n) is 33.0. The quantitative estimate of drug-likeness (QED) is 0.163. The second-order valence-electron chi connectivity index (χ2n) is 23.1. The Balaban J connectivity index is 0.000000110. The Morgan fingerprint density at radius 1 is 0.299 bits per heavy atom. The number of benzene rings is 11. The largest absolute Gasteiger partial charge is 0.508 e. The SMILES string of the molecule is COc1ccc2ocnc2c1.Cc1ccc2ncoc2c1.Cc1ccc2occc2c1.Cc1ccc2sccc2c1.Fc1ccc2ocnc2c1.Fc1ccc2sccc2c1.Oc1ccc2ocnc2c1.c1ccc2occc2c1.c1ccc2ocnc2c1.c1ccc2sccc2c1.c1ccc2scnc2c1. The molecule has 0 spiro atoms. The van der Waals surface area contributed by atoms with E-state index in [0.29, 0.717) is 22.2 Å². The number of fused-ring (bicyclic) bond motifs is 11. The third-order valence-electron chi connectivity index (χ3n) is 15.5. The minimum atomic E-state index is -0.290. The van der Waals surface area contributed by atoms with Gasteiger partial charge in [-0.15, -0.1) is 45.3 Å². The first-order valence-corrected chi connectivity index (χ1v) is 36.5. The number of halogens is 2. The van der Waals surface area contributed by atoms with Gasteiger partial charge in [-0.2, -0.15) is 0 Å². The van der Waals surface area contributed by atoms with Crippen molar-refractivity contribution in [3.8, 4) is 11.5 Å². The van der Waals surface area contributed by atoms with Crippen molar-refractivity contribution in [3.63, 3.8) is 0 Å². The maximum Gasteiger partial charge on any atom is 0.181 e. The number of aromatic hydroxyl groups is 1. The van der Waals surface area contributed by atoms with E-state index in [4.69, 9.17) is 40.8 Å². The van der Waals surface area contributed by atoms with Gasteiger partial charge in [-0.05, 0) is 210 Å². The van der Waals surface area contributed by atoms with Crippen LogP contribution in [0.2, 0.25) is 0 Å². The summed E-state index contributed by atoms with van der Waals surface area (Å²) in [5.74, 6) is 0.556. The van der Waals surface area contributed by atoms with Crippen LogP contribution in [0.1, 0.15) is 16.7 Å². The van der Waals surface area contributed by atoms with E-state index < -0.39 is 0 Å². The Morgan fingerprint density at radius 3 is 1.39 bits per heavy atom. The number of ether oxygens (including phenoxy) is 1. The molecule has 0 aliphatic rings. The maximum absolute atomic E-state index is 12.5. The Bertz CT molecular complexity index is 5460. The molecule has 0 fully saturated rings. The molecule has 11 heterocycles. The fourth-order valence-electron chi connectivity index (χ4n) is 10.1. The van der Waals surface area contributed by atoms with Crippen LogP contribution >= 0.6 is 45.3 Å². The van der Waals surface area contributed by atoms with Crippen LogP contribution in [0, 0.1) is 32.4 Å². The van der Waals surface area contributed by atoms with E-state index in [1.165, 1.54) is 97.1 Å². The zero-order chi connectivity index (χ0) is 73.9. The van der Waals surface area contributed by atoms with E-state index in [-0.39, 0.29) is 17.4 Å². The minimum absolute atomic E-state index is 0.161. The molecule has 0 amide bonds. The van der Waals surface area contributed by atoms with Gasteiger partial charge in [0, 0.05) is 43.1 Å². The Kier molecular flexibility index (Phi) is 25.9. The summed E-state index contributed by atoms with van der Waals surface area (Å²) in [6, 6.07) is 80.3. The Morgan fingerprint density at radius 2 is 0.738 bits per heavy atom. The molecule has 107 heavy (non-hydrogen) atoms. The number of phenols is 1. The highest BCUT2D eigenvalue weighted by atomic mass is 32.1. The zero-order valence-corrected chi connectivity index (χ0v) is 61.2. The summed E-state index contributed by atoms with van der Waals surface area (Å²) in [6.07, 6.45) is 10.4. The van der Waals surface area contributed by atoms with E-state index in [2.05, 4.69) is 121 Å². The monoisotopic (exact) mass is 1490 g/mol. The second kappa shape index (κ2) is 37.5. The summed E-state index contributed by atoms with van der Waals surface area (Å²) in [7, 11) is 1.63. The maximum atomic E-state index is 12.5. The molecule has 0 saturated carbocycles. The number of nitrogens with zero attached hydrogens (tertiary/aromatic N) is 6. The molecule has 532 valence electrons. The molecule has 0 radical (unpaired) electrons. The van der Waals surface area contributed by atoms with Crippen LogP contribution < -0.4 is 4.74 Å². The normalized spacial score (nSPS) is 10.4. The predicted molar refractivity (Wildman–Crippen MR) is 430 cm³/mol. The fourth-order valence-corrected chi connectivity index (χ4v) is 13.1. The molecule has 11 aromatic heterocycles. The highest BCUT2D eigenvalue weighted by molar-refractivity contribution is 7.18. The van der Waals surface area contributed by atoms with E-state index in [1.807, 2.05) is 151 Å². The number of phenolic OH excluding ortho intramolecular Hbond substituents is 1. The number of thiazole rings is 1. The number of hydrogen-bond donors (Lipinski definition) is 1. The molecule has 0 unspecified atom stereocenters. The van der Waals surface area contributed by atoms with Crippen LogP contribution in [0.3, 0.4) is 0 Å². The summed E-state index contributed by atoms with van der Waals surface area (Å²) in [5.41, 5.74) is 16.4. The third-order valence-corrected chi connectivity index (χ3v) is 19.0. The lowest BCUT2D eigenvalue weighted by Crippen LogP contribution is -1.80. The number of rotatable bonds is 1. The van der Waals surface area contributed by atoms with Gasteiger partial charge < -0.3 is 40.8 Å². The van der Waals surface area contributed by atoms with Gasteiger partial charge >= 0.3 is 0 Å². The van der Waals surface area contributed by atoms with Crippen molar-refractivity contribution in [2.45, 2.75) is 20.8 Å². The molecule has 11 aromatic carbocycles. The van der Waals surface area contributed by atoms with Crippen LogP contribution in [0.4, 0.5) is 8.78 Å². The van der Waals surface area contributed by atoms with E-state index >= 15 is 0 Å². The second-order valence-corrected chi connectivity index (χ2v) is 26.8. The van der Waals surface area contributed by atoms with Crippen molar-refractivity contribution in [2.75, 3.05) is 7.11 Å². The number of aromatic nitrogens is 6. The first kappa shape index (κ1) is 73.8. The van der Waals surface area contributed by atoms with Crippen molar-refractivity contribution in [2.24, 2.45) is 0 Å². The molecule has 21 heteroatoms. The number of aryl methyl sites for hydroxylation is 3. The highest BCUT2D eigenvalue weighted by Crippen LogP contribution is 2.25. The van der Waals surface area contributed by atoms with Crippen molar-refractivity contribution < 1.29 is 49.5 Å². The van der Waals surface area contributed by atoms with Crippen LogP contribution in [0.25, 0.3) is 118 Å². The van der Waals surface area contributed by atoms with Crippen LogP contribution in [0.5, 0.6) is 11.5 Å². The van der Waals surface area contributed by atoms with Gasteiger partial charge in [0.1, 0.15) is 61.9 Å². The first-order chi connectivity index (χ1) is 52.4. The lowest BCUT2D eigenvalue weighted by molar-refractivity contribution is 0.415. The van der Waals surface area contributed by atoms with Gasteiger partial charge in [-0.25, -0.2) is 38.7 Å². The fraction of sp³-hybridized carbons (Fsp3) is 0.0465. The summed E-state index contributed by atoms with van der Waals surface area (Å²) < 4.78 is 70.4. The number of para-hydroxylation sites is 4. The number of hydrogen-bond acceptors (Lipinski definition) is 19. The molecule has 22 aromatic rings. The van der Waals surface area contributed by atoms with E-state index in [0.717, 1.165) is 71.2 Å². The molecule has 15 nitrogen and oxygen atoms in total. The zero-order valence-electron chi connectivity index (χ0n) is 57.9. The van der Waals surface area contributed by atoms with Crippen LogP contribution in [-0.4, -0.2) is 42.1 Å². The highest BCUT2D eigenvalue weighted by Gasteiger charge is 2.03. The topological polar surface area (TPSA) is 199 Å². The average Bonchev–Trinajstić information content (AvgIpc) is 1.75. The lowest BCUT2D eigenvalue weighted by Gasteiger charge is -1.95.